The predicted molar refractivity (Wildman–Crippen MR) is 90.9 cm³/mol. The summed E-state index contributed by atoms with van der Waals surface area (Å²) in [6, 6.07) is 2.14. The van der Waals surface area contributed by atoms with E-state index in [2.05, 4.69) is 10.3 Å². The molecular formula is C16H23ClN4O2. The van der Waals surface area contributed by atoms with Gasteiger partial charge in [0.05, 0.1) is 0 Å². The van der Waals surface area contributed by atoms with Crippen LogP contribution >= 0.6 is 12.4 Å². The molecule has 1 aliphatic rings. The molecule has 1 aromatic heterocycles. The molecule has 0 unspecified atom stereocenters. The maximum atomic E-state index is 12.4. The number of rotatable bonds is 3. The second-order valence-electron chi connectivity index (χ2n) is 5.81. The Balaban J connectivity index is 0.00000264. The van der Waals surface area contributed by atoms with Crippen molar-refractivity contribution in [3.8, 4) is 6.07 Å². The van der Waals surface area contributed by atoms with Crippen LogP contribution in [0.15, 0.2) is 4.79 Å². The van der Waals surface area contributed by atoms with Crippen LogP contribution in [0.2, 0.25) is 0 Å². The summed E-state index contributed by atoms with van der Waals surface area (Å²) in [4.78, 5) is 28.7. The number of H-pyrrole nitrogens is 1. The number of carbonyl (C=O) groups is 1. The minimum Gasteiger partial charge on any atom is -0.337 e. The van der Waals surface area contributed by atoms with Gasteiger partial charge in [-0.3, -0.25) is 9.59 Å². The Kier molecular flexibility index (Phi) is 6.79. The van der Waals surface area contributed by atoms with Crippen molar-refractivity contribution in [2.24, 2.45) is 0 Å². The SMILES string of the molecule is Cc1[nH]c(=O)c(C#N)c(C)c1CCC(=O)N1CCNC[C@H]1C.Cl. The number of pyridine rings is 1. The first kappa shape index (κ1) is 19.2. The van der Waals surface area contributed by atoms with Crippen LogP contribution in [0.3, 0.4) is 0 Å². The summed E-state index contributed by atoms with van der Waals surface area (Å²) in [5, 5.41) is 12.3. The Morgan fingerprint density at radius 3 is 2.74 bits per heavy atom. The number of hydrogen-bond acceptors (Lipinski definition) is 4. The number of hydrogen-bond donors (Lipinski definition) is 2. The number of aromatic nitrogens is 1. The Morgan fingerprint density at radius 2 is 2.13 bits per heavy atom. The average Bonchev–Trinajstić information content (AvgIpc) is 2.47. The van der Waals surface area contributed by atoms with Gasteiger partial charge in [0.25, 0.3) is 5.56 Å². The van der Waals surface area contributed by atoms with Crippen molar-refractivity contribution < 1.29 is 4.79 Å². The largest absolute Gasteiger partial charge is 0.337 e. The van der Waals surface area contributed by atoms with Gasteiger partial charge in [-0.1, -0.05) is 0 Å². The molecule has 0 spiro atoms. The van der Waals surface area contributed by atoms with Crippen LogP contribution in [0.1, 0.15) is 35.7 Å². The molecule has 0 aromatic carbocycles. The van der Waals surface area contributed by atoms with Gasteiger partial charge in [0, 0.05) is 37.8 Å². The van der Waals surface area contributed by atoms with Crippen molar-refractivity contribution in [2.75, 3.05) is 19.6 Å². The minimum absolute atomic E-state index is 0. The number of piperazine rings is 1. The second-order valence-corrected chi connectivity index (χ2v) is 5.81. The van der Waals surface area contributed by atoms with Crippen LogP contribution in [0.4, 0.5) is 0 Å². The maximum Gasteiger partial charge on any atom is 0.266 e. The van der Waals surface area contributed by atoms with E-state index in [0.29, 0.717) is 18.4 Å². The number of halogens is 1. The third-order valence-corrected chi connectivity index (χ3v) is 4.33. The Morgan fingerprint density at radius 1 is 1.43 bits per heavy atom. The minimum atomic E-state index is -0.358. The van der Waals surface area contributed by atoms with Gasteiger partial charge in [0.15, 0.2) is 0 Å². The highest BCUT2D eigenvalue weighted by molar-refractivity contribution is 5.85. The summed E-state index contributed by atoms with van der Waals surface area (Å²) >= 11 is 0. The van der Waals surface area contributed by atoms with E-state index in [-0.39, 0.29) is 35.5 Å². The number of nitrogens with zero attached hydrogens (tertiary/aromatic N) is 2. The van der Waals surface area contributed by atoms with E-state index in [1.807, 2.05) is 24.8 Å². The van der Waals surface area contributed by atoms with Gasteiger partial charge >= 0.3 is 0 Å². The van der Waals surface area contributed by atoms with Crippen LogP contribution in [0.5, 0.6) is 0 Å². The van der Waals surface area contributed by atoms with E-state index in [0.717, 1.165) is 30.9 Å². The van der Waals surface area contributed by atoms with E-state index < -0.39 is 0 Å². The molecule has 1 fully saturated rings. The van der Waals surface area contributed by atoms with Crippen molar-refractivity contribution in [1.29, 1.82) is 5.26 Å². The third-order valence-electron chi connectivity index (χ3n) is 4.33. The molecule has 0 saturated carbocycles. The Hall–Kier alpha value is -1.84. The van der Waals surface area contributed by atoms with Gasteiger partial charge in [-0.15, -0.1) is 12.4 Å². The van der Waals surface area contributed by atoms with Gasteiger partial charge in [0.2, 0.25) is 5.91 Å². The zero-order valence-corrected chi connectivity index (χ0v) is 14.5. The molecule has 1 saturated heterocycles. The number of aryl methyl sites for hydroxylation is 1. The lowest BCUT2D eigenvalue weighted by molar-refractivity contribution is -0.133. The van der Waals surface area contributed by atoms with Crippen LogP contribution < -0.4 is 10.9 Å². The van der Waals surface area contributed by atoms with E-state index in [1.54, 1.807) is 6.92 Å². The molecule has 23 heavy (non-hydrogen) atoms. The molecule has 0 bridgehead atoms. The highest BCUT2D eigenvalue weighted by Gasteiger charge is 2.23. The fraction of sp³-hybridized carbons (Fsp3) is 0.562. The van der Waals surface area contributed by atoms with Crippen LogP contribution in [0.25, 0.3) is 0 Å². The van der Waals surface area contributed by atoms with E-state index in [1.165, 1.54) is 0 Å². The fourth-order valence-electron chi connectivity index (χ4n) is 3.01. The predicted octanol–water partition coefficient (Wildman–Crippen LogP) is 1.04. The lowest BCUT2D eigenvalue weighted by Crippen LogP contribution is -2.52. The maximum absolute atomic E-state index is 12.4. The van der Waals surface area contributed by atoms with Crippen LogP contribution in [-0.2, 0) is 11.2 Å². The van der Waals surface area contributed by atoms with Crippen molar-refractivity contribution >= 4 is 18.3 Å². The highest BCUT2D eigenvalue weighted by atomic mass is 35.5. The smallest absolute Gasteiger partial charge is 0.266 e. The topological polar surface area (TPSA) is 89.0 Å². The lowest BCUT2D eigenvalue weighted by Gasteiger charge is -2.34. The Bertz CT molecular complexity index is 678. The summed E-state index contributed by atoms with van der Waals surface area (Å²) in [6.45, 7) is 7.99. The fourth-order valence-corrected chi connectivity index (χ4v) is 3.01. The molecule has 0 aliphatic carbocycles. The molecule has 2 rings (SSSR count). The van der Waals surface area contributed by atoms with Crippen LogP contribution in [0, 0.1) is 25.2 Å². The molecular weight excluding hydrogens is 316 g/mol. The highest BCUT2D eigenvalue weighted by Crippen LogP contribution is 2.16. The van der Waals surface area contributed by atoms with Gasteiger partial charge in [-0.2, -0.15) is 5.26 Å². The zero-order valence-electron chi connectivity index (χ0n) is 13.7. The average molecular weight is 339 g/mol. The first-order valence-corrected chi connectivity index (χ1v) is 7.58. The Labute approximate surface area is 142 Å². The second kappa shape index (κ2) is 8.14. The van der Waals surface area contributed by atoms with Gasteiger partial charge in [-0.05, 0) is 38.3 Å². The molecule has 2 heterocycles. The van der Waals surface area contributed by atoms with Gasteiger partial charge in [-0.25, -0.2) is 0 Å². The molecule has 7 heteroatoms. The first-order chi connectivity index (χ1) is 10.5. The summed E-state index contributed by atoms with van der Waals surface area (Å²) in [7, 11) is 0. The summed E-state index contributed by atoms with van der Waals surface area (Å²) in [5.74, 6) is 0.123. The third kappa shape index (κ3) is 4.12. The standard InChI is InChI=1S/C16H22N4O2.ClH/c1-10-9-18-6-7-20(10)15(21)5-4-13-11(2)14(8-17)16(22)19-12(13)3;/h10,18H,4-7,9H2,1-3H3,(H,19,22);1H/t10-;/m1./s1. The molecule has 6 nitrogen and oxygen atoms in total. The first-order valence-electron chi connectivity index (χ1n) is 7.58. The van der Waals surface area contributed by atoms with Crippen molar-refractivity contribution in [1.82, 2.24) is 15.2 Å². The quantitative estimate of drug-likeness (QED) is 0.861. The van der Waals surface area contributed by atoms with Crippen molar-refractivity contribution in [3.05, 3.63) is 32.7 Å². The monoisotopic (exact) mass is 338 g/mol. The van der Waals surface area contributed by atoms with Crippen molar-refractivity contribution in [2.45, 2.75) is 39.7 Å². The molecule has 0 radical (unpaired) electrons. The normalized spacial score (nSPS) is 17.3. The molecule has 1 aromatic rings. The number of aromatic amines is 1. The molecule has 126 valence electrons. The molecule has 1 atom stereocenters. The number of nitrogens with one attached hydrogen (secondary N) is 2. The zero-order chi connectivity index (χ0) is 16.3. The van der Waals surface area contributed by atoms with E-state index in [4.69, 9.17) is 5.26 Å². The summed E-state index contributed by atoms with van der Waals surface area (Å²) in [6.07, 6.45) is 0.932. The van der Waals surface area contributed by atoms with Gasteiger partial charge < -0.3 is 15.2 Å². The van der Waals surface area contributed by atoms with Crippen LogP contribution in [-0.4, -0.2) is 41.5 Å². The van der Waals surface area contributed by atoms with Crippen molar-refractivity contribution in [3.63, 3.8) is 0 Å². The summed E-state index contributed by atoms with van der Waals surface area (Å²) < 4.78 is 0. The molecule has 1 aliphatic heterocycles. The summed E-state index contributed by atoms with van der Waals surface area (Å²) in [5.41, 5.74) is 2.10. The van der Waals surface area contributed by atoms with Gasteiger partial charge in [0.1, 0.15) is 11.6 Å². The number of nitriles is 1. The van der Waals surface area contributed by atoms with E-state index in [9.17, 15) is 9.59 Å². The molecule has 2 N–H and O–H groups in total. The van der Waals surface area contributed by atoms with E-state index >= 15 is 0 Å². The lowest BCUT2D eigenvalue weighted by atomic mass is 9.98. The molecule has 1 amide bonds. The number of amides is 1. The number of carbonyl (C=O) groups excluding carboxylic acids is 1.